The van der Waals surface area contributed by atoms with E-state index in [1.165, 1.54) is 32.1 Å². The molecule has 1 aliphatic carbocycles. The lowest BCUT2D eigenvalue weighted by Gasteiger charge is -2.33. The van der Waals surface area contributed by atoms with Gasteiger partial charge >= 0.3 is 0 Å². The second-order valence-electron chi connectivity index (χ2n) is 4.97. The van der Waals surface area contributed by atoms with Crippen LogP contribution in [0, 0.1) is 0 Å². The van der Waals surface area contributed by atoms with Crippen LogP contribution in [-0.4, -0.2) is 45.5 Å². The molecular formula is C13H22ClN3O. The number of hydrogen-bond donors (Lipinski definition) is 1. The molecule has 1 aliphatic rings. The number of rotatable bonds is 6. The number of nitrogens with zero attached hydrogens (tertiary/aromatic N) is 3. The molecule has 1 aromatic rings. The van der Waals surface area contributed by atoms with Crippen molar-refractivity contribution in [3.63, 3.8) is 0 Å². The predicted octanol–water partition coefficient (Wildman–Crippen LogP) is 2.16. The zero-order valence-electron chi connectivity index (χ0n) is 10.8. The summed E-state index contributed by atoms with van der Waals surface area (Å²) in [4.78, 5) is 2.40. The van der Waals surface area contributed by atoms with E-state index < -0.39 is 0 Å². The zero-order chi connectivity index (χ0) is 12.8. The van der Waals surface area contributed by atoms with Crippen molar-refractivity contribution in [2.75, 3.05) is 19.7 Å². The zero-order valence-corrected chi connectivity index (χ0v) is 11.5. The van der Waals surface area contributed by atoms with Crippen LogP contribution < -0.4 is 0 Å². The number of hydrogen-bond acceptors (Lipinski definition) is 3. The largest absolute Gasteiger partial charge is 0.395 e. The SMILES string of the molecule is OCCN(CCn1cc(Cl)cn1)C1CCCCC1. The standard InChI is InChI=1S/C13H22ClN3O/c14-12-10-15-17(11-12)7-6-16(8-9-18)13-4-2-1-3-5-13/h10-11,13,18H,1-9H2. The first-order chi connectivity index (χ1) is 8.79. The van der Waals surface area contributed by atoms with Crippen molar-refractivity contribution in [2.24, 2.45) is 0 Å². The summed E-state index contributed by atoms with van der Waals surface area (Å²) in [5.41, 5.74) is 0. The van der Waals surface area contributed by atoms with Gasteiger partial charge in [0.1, 0.15) is 0 Å². The number of aliphatic hydroxyl groups is 1. The van der Waals surface area contributed by atoms with Gasteiger partial charge in [-0.25, -0.2) is 0 Å². The van der Waals surface area contributed by atoms with E-state index in [4.69, 9.17) is 11.6 Å². The summed E-state index contributed by atoms with van der Waals surface area (Å²) in [5.74, 6) is 0. The van der Waals surface area contributed by atoms with Crippen LogP contribution in [0.2, 0.25) is 5.02 Å². The molecule has 1 N–H and O–H groups in total. The lowest BCUT2D eigenvalue weighted by Crippen LogP contribution is -2.40. The maximum atomic E-state index is 9.18. The summed E-state index contributed by atoms with van der Waals surface area (Å²) in [6.07, 6.45) is 10.0. The molecule has 1 saturated carbocycles. The molecule has 0 aliphatic heterocycles. The lowest BCUT2D eigenvalue weighted by atomic mass is 9.94. The lowest BCUT2D eigenvalue weighted by molar-refractivity contribution is 0.119. The van der Waals surface area contributed by atoms with Crippen LogP contribution in [0.4, 0.5) is 0 Å². The molecule has 0 bridgehead atoms. The van der Waals surface area contributed by atoms with E-state index in [1.54, 1.807) is 6.20 Å². The van der Waals surface area contributed by atoms with Crippen molar-refractivity contribution in [2.45, 2.75) is 44.7 Å². The number of aliphatic hydroxyl groups excluding tert-OH is 1. The third-order valence-electron chi connectivity index (χ3n) is 3.70. The summed E-state index contributed by atoms with van der Waals surface area (Å²) < 4.78 is 1.87. The van der Waals surface area contributed by atoms with E-state index in [0.717, 1.165) is 19.6 Å². The monoisotopic (exact) mass is 271 g/mol. The molecular weight excluding hydrogens is 250 g/mol. The molecule has 102 valence electrons. The van der Waals surface area contributed by atoms with Crippen LogP contribution in [0.5, 0.6) is 0 Å². The quantitative estimate of drug-likeness (QED) is 0.862. The van der Waals surface area contributed by atoms with E-state index in [9.17, 15) is 5.11 Å². The summed E-state index contributed by atoms with van der Waals surface area (Å²) in [7, 11) is 0. The Morgan fingerprint density at radius 3 is 2.72 bits per heavy atom. The number of halogens is 1. The van der Waals surface area contributed by atoms with Gasteiger partial charge in [0.2, 0.25) is 0 Å². The summed E-state index contributed by atoms with van der Waals surface area (Å²) in [5, 5.41) is 14.1. The van der Waals surface area contributed by atoms with Crippen molar-refractivity contribution in [1.29, 1.82) is 0 Å². The first-order valence-electron chi connectivity index (χ1n) is 6.82. The Morgan fingerprint density at radius 2 is 2.11 bits per heavy atom. The Bertz CT molecular complexity index is 350. The van der Waals surface area contributed by atoms with Crippen molar-refractivity contribution >= 4 is 11.6 Å². The second kappa shape index (κ2) is 7.12. The molecule has 18 heavy (non-hydrogen) atoms. The van der Waals surface area contributed by atoms with E-state index in [-0.39, 0.29) is 6.61 Å². The molecule has 1 aromatic heterocycles. The molecule has 0 amide bonds. The van der Waals surface area contributed by atoms with E-state index in [0.29, 0.717) is 11.1 Å². The van der Waals surface area contributed by atoms with E-state index >= 15 is 0 Å². The summed E-state index contributed by atoms with van der Waals surface area (Å²) in [6, 6.07) is 0.636. The van der Waals surface area contributed by atoms with Crippen LogP contribution in [0.3, 0.4) is 0 Å². The highest BCUT2D eigenvalue weighted by Gasteiger charge is 2.20. The van der Waals surface area contributed by atoms with Crippen molar-refractivity contribution in [3.05, 3.63) is 17.4 Å². The minimum absolute atomic E-state index is 0.233. The first kappa shape index (κ1) is 13.8. The molecule has 0 unspecified atom stereocenters. The van der Waals surface area contributed by atoms with Crippen LogP contribution in [-0.2, 0) is 6.54 Å². The molecule has 5 heteroatoms. The van der Waals surface area contributed by atoms with Gasteiger partial charge in [-0.2, -0.15) is 5.10 Å². The summed E-state index contributed by atoms with van der Waals surface area (Å²) >= 11 is 5.85. The third-order valence-corrected chi connectivity index (χ3v) is 3.89. The van der Waals surface area contributed by atoms with Gasteiger partial charge in [-0.1, -0.05) is 30.9 Å². The molecule has 0 spiro atoms. The van der Waals surface area contributed by atoms with E-state index in [2.05, 4.69) is 10.00 Å². The van der Waals surface area contributed by atoms with Gasteiger partial charge in [0.15, 0.2) is 0 Å². The maximum Gasteiger partial charge on any atom is 0.0785 e. The average Bonchev–Trinajstić information content (AvgIpc) is 2.81. The maximum absolute atomic E-state index is 9.18. The molecule has 0 aromatic carbocycles. The van der Waals surface area contributed by atoms with Gasteiger partial charge in [-0.3, -0.25) is 9.58 Å². The molecule has 4 nitrogen and oxygen atoms in total. The molecule has 1 heterocycles. The molecule has 0 saturated heterocycles. The average molecular weight is 272 g/mol. The highest BCUT2D eigenvalue weighted by Crippen LogP contribution is 2.22. The van der Waals surface area contributed by atoms with Gasteiger partial charge in [0.25, 0.3) is 0 Å². The molecule has 0 radical (unpaired) electrons. The highest BCUT2D eigenvalue weighted by atomic mass is 35.5. The van der Waals surface area contributed by atoms with Gasteiger partial charge < -0.3 is 5.11 Å². The normalized spacial score (nSPS) is 17.5. The fraction of sp³-hybridized carbons (Fsp3) is 0.769. The minimum atomic E-state index is 0.233. The first-order valence-corrected chi connectivity index (χ1v) is 7.20. The van der Waals surface area contributed by atoms with Crippen molar-refractivity contribution in [1.82, 2.24) is 14.7 Å². The van der Waals surface area contributed by atoms with Gasteiger partial charge in [0, 0.05) is 25.3 Å². The van der Waals surface area contributed by atoms with Gasteiger partial charge in [-0.05, 0) is 12.8 Å². The Morgan fingerprint density at radius 1 is 1.33 bits per heavy atom. The molecule has 0 atom stereocenters. The van der Waals surface area contributed by atoms with Gasteiger partial charge in [0.05, 0.1) is 24.4 Å². The van der Waals surface area contributed by atoms with Crippen molar-refractivity contribution < 1.29 is 5.11 Å². The van der Waals surface area contributed by atoms with Gasteiger partial charge in [-0.15, -0.1) is 0 Å². The smallest absolute Gasteiger partial charge is 0.0785 e. The number of aromatic nitrogens is 2. The Balaban J connectivity index is 1.85. The fourth-order valence-corrected chi connectivity index (χ4v) is 2.90. The fourth-order valence-electron chi connectivity index (χ4n) is 2.74. The summed E-state index contributed by atoms with van der Waals surface area (Å²) in [6.45, 7) is 2.77. The van der Waals surface area contributed by atoms with Crippen LogP contribution >= 0.6 is 11.6 Å². The van der Waals surface area contributed by atoms with Crippen LogP contribution in [0.25, 0.3) is 0 Å². The highest BCUT2D eigenvalue weighted by molar-refractivity contribution is 6.30. The Labute approximate surface area is 114 Å². The second-order valence-corrected chi connectivity index (χ2v) is 5.41. The molecule has 1 fully saturated rings. The topological polar surface area (TPSA) is 41.3 Å². The Kier molecular flexibility index (Phi) is 5.47. The van der Waals surface area contributed by atoms with E-state index in [1.807, 2.05) is 10.9 Å². The van der Waals surface area contributed by atoms with Crippen LogP contribution in [0.1, 0.15) is 32.1 Å². The van der Waals surface area contributed by atoms with Crippen LogP contribution in [0.15, 0.2) is 12.4 Å². The Hall–Kier alpha value is -0.580. The predicted molar refractivity (Wildman–Crippen MR) is 72.8 cm³/mol. The minimum Gasteiger partial charge on any atom is -0.395 e. The van der Waals surface area contributed by atoms with Crippen molar-refractivity contribution in [3.8, 4) is 0 Å². The third kappa shape index (κ3) is 3.97. The molecule has 2 rings (SSSR count).